The first-order chi connectivity index (χ1) is 40.5. The van der Waals surface area contributed by atoms with Crippen molar-refractivity contribution in [1.29, 1.82) is 0 Å². The van der Waals surface area contributed by atoms with Crippen molar-refractivity contribution in [1.82, 2.24) is 0 Å². The van der Waals surface area contributed by atoms with Gasteiger partial charge >= 0.3 is 17.9 Å². The summed E-state index contributed by atoms with van der Waals surface area (Å²) < 4.78 is 17.0. The van der Waals surface area contributed by atoms with E-state index in [0.29, 0.717) is 19.3 Å². The fraction of sp³-hybridized carbons (Fsp3) is 0.829. The van der Waals surface area contributed by atoms with Crippen LogP contribution in [0.2, 0.25) is 0 Å². The number of hydrogen-bond acceptors (Lipinski definition) is 6. The Hall–Kier alpha value is -2.89. The molecular weight excluding hydrogens is 1010 g/mol. The van der Waals surface area contributed by atoms with Crippen LogP contribution in [-0.2, 0) is 28.6 Å². The molecule has 0 bridgehead atoms. The summed E-state index contributed by atoms with van der Waals surface area (Å²) in [5, 5.41) is 0. The van der Waals surface area contributed by atoms with Gasteiger partial charge in [-0.05, 0) is 64.2 Å². The predicted octanol–water partition coefficient (Wildman–Crippen LogP) is 25.1. The highest BCUT2D eigenvalue weighted by molar-refractivity contribution is 5.71. The maximum atomic E-state index is 12.9. The van der Waals surface area contributed by atoms with Gasteiger partial charge in [-0.3, -0.25) is 14.4 Å². The zero-order valence-electron chi connectivity index (χ0n) is 55.0. The molecule has 1 unspecified atom stereocenters. The molecule has 82 heavy (non-hydrogen) atoms. The molecule has 0 N–H and O–H groups in total. The zero-order chi connectivity index (χ0) is 59.2. The van der Waals surface area contributed by atoms with Crippen molar-refractivity contribution in [3.63, 3.8) is 0 Å². The van der Waals surface area contributed by atoms with Gasteiger partial charge in [0.1, 0.15) is 13.2 Å². The first-order valence-electron chi connectivity index (χ1n) is 36.3. The molecule has 0 saturated heterocycles. The maximum absolute atomic E-state index is 12.9. The predicted molar refractivity (Wildman–Crippen MR) is 358 cm³/mol. The van der Waals surface area contributed by atoms with E-state index in [-0.39, 0.29) is 31.1 Å². The van der Waals surface area contributed by atoms with Crippen molar-refractivity contribution in [2.24, 2.45) is 0 Å². The summed E-state index contributed by atoms with van der Waals surface area (Å²) in [4.78, 5) is 38.4. The maximum Gasteiger partial charge on any atom is 0.306 e. The van der Waals surface area contributed by atoms with Gasteiger partial charge in [0.25, 0.3) is 0 Å². The summed E-state index contributed by atoms with van der Waals surface area (Å²) in [6.45, 7) is 6.60. The van der Waals surface area contributed by atoms with Crippen molar-refractivity contribution < 1.29 is 28.6 Å². The van der Waals surface area contributed by atoms with Crippen LogP contribution in [0.5, 0.6) is 0 Å². The Balaban J connectivity index is 4.15. The van der Waals surface area contributed by atoms with Crippen LogP contribution < -0.4 is 0 Å². The molecule has 0 aliphatic rings. The largest absolute Gasteiger partial charge is 0.462 e. The smallest absolute Gasteiger partial charge is 0.306 e. The third kappa shape index (κ3) is 67.9. The molecule has 0 rings (SSSR count). The van der Waals surface area contributed by atoms with Gasteiger partial charge in [-0.2, -0.15) is 0 Å². The van der Waals surface area contributed by atoms with Crippen molar-refractivity contribution in [2.75, 3.05) is 13.2 Å². The minimum Gasteiger partial charge on any atom is -0.462 e. The van der Waals surface area contributed by atoms with Gasteiger partial charge in [0.15, 0.2) is 6.10 Å². The molecule has 0 aliphatic heterocycles. The second kappa shape index (κ2) is 70.6. The third-order valence-electron chi connectivity index (χ3n) is 16.3. The summed E-state index contributed by atoms with van der Waals surface area (Å²) in [5.74, 6) is -0.835. The number of allylic oxidation sites excluding steroid dienone is 10. The van der Waals surface area contributed by atoms with E-state index >= 15 is 0 Å². The van der Waals surface area contributed by atoms with Gasteiger partial charge in [-0.25, -0.2) is 0 Å². The average molecular weight is 1150 g/mol. The van der Waals surface area contributed by atoms with E-state index < -0.39 is 6.10 Å². The number of hydrogen-bond donors (Lipinski definition) is 0. The van der Waals surface area contributed by atoms with Crippen molar-refractivity contribution in [3.8, 4) is 0 Å². The number of ether oxygens (including phenoxy) is 3. The fourth-order valence-corrected chi connectivity index (χ4v) is 10.9. The molecule has 0 saturated carbocycles. The lowest BCUT2D eigenvalue weighted by Gasteiger charge is -2.18. The van der Waals surface area contributed by atoms with E-state index in [4.69, 9.17) is 14.2 Å². The lowest BCUT2D eigenvalue weighted by atomic mass is 10.0. The second-order valence-electron chi connectivity index (χ2n) is 24.5. The number of rotatable bonds is 67. The van der Waals surface area contributed by atoms with Gasteiger partial charge < -0.3 is 14.2 Å². The van der Waals surface area contributed by atoms with E-state index in [1.165, 1.54) is 257 Å². The molecular formula is C76H138O6. The van der Waals surface area contributed by atoms with E-state index in [9.17, 15) is 14.4 Å². The van der Waals surface area contributed by atoms with Gasteiger partial charge in [0, 0.05) is 19.3 Å². The summed E-state index contributed by atoms with van der Waals surface area (Å²) in [6, 6.07) is 0. The van der Waals surface area contributed by atoms with E-state index in [0.717, 1.165) is 89.9 Å². The Labute approximate surface area is 510 Å². The molecule has 0 aromatic heterocycles. The topological polar surface area (TPSA) is 78.9 Å². The number of unbranched alkanes of at least 4 members (excludes halogenated alkanes) is 46. The van der Waals surface area contributed by atoms with E-state index in [1.54, 1.807) is 0 Å². The van der Waals surface area contributed by atoms with Crippen LogP contribution in [0.1, 0.15) is 387 Å². The van der Waals surface area contributed by atoms with E-state index in [2.05, 4.69) is 81.5 Å². The summed E-state index contributed by atoms with van der Waals surface area (Å²) in [7, 11) is 0. The standard InChI is InChI=1S/C76H138O6/c1-4-7-10-13-16-19-22-25-28-30-31-32-33-34-35-36-37-38-39-40-41-42-43-44-45-46-49-51-54-57-60-63-66-69-75(78)81-72-73(71-80-74(77)68-65-62-59-56-53-50-47-27-24-21-18-15-12-9-6-3)82-76(79)70-67-64-61-58-55-52-48-29-26-23-20-17-14-11-8-5-2/h7,10,16,19,25,28,31-32,34-35,73H,4-6,8-9,11-15,17-18,20-24,26-27,29-30,33,36-72H2,1-3H3/b10-7-,19-16-,28-25-,32-31-,35-34-. The molecule has 0 amide bonds. The van der Waals surface area contributed by atoms with Crippen molar-refractivity contribution >= 4 is 17.9 Å². The van der Waals surface area contributed by atoms with Gasteiger partial charge in [-0.15, -0.1) is 0 Å². The molecule has 0 radical (unpaired) electrons. The van der Waals surface area contributed by atoms with Crippen molar-refractivity contribution in [3.05, 3.63) is 60.8 Å². The van der Waals surface area contributed by atoms with Gasteiger partial charge in [0.2, 0.25) is 0 Å². The fourth-order valence-electron chi connectivity index (χ4n) is 10.9. The Morgan fingerprint density at radius 3 is 0.744 bits per heavy atom. The Morgan fingerprint density at radius 1 is 0.256 bits per heavy atom. The first-order valence-corrected chi connectivity index (χ1v) is 36.3. The number of carbonyl (C=O) groups excluding carboxylic acids is 3. The molecule has 6 nitrogen and oxygen atoms in total. The van der Waals surface area contributed by atoms with Gasteiger partial charge in [0.05, 0.1) is 0 Å². The molecule has 1 atom stereocenters. The first kappa shape index (κ1) is 79.1. The summed E-state index contributed by atoms with van der Waals surface area (Å²) >= 11 is 0. The molecule has 0 aliphatic carbocycles. The Bertz CT molecular complexity index is 1460. The van der Waals surface area contributed by atoms with E-state index in [1.807, 2.05) is 0 Å². The Morgan fingerprint density at radius 2 is 0.476 bits per heavy atom. The summed E-state index contributed by atoms with van der Waals surface area (Å²) in [6.07, 6.45) is 91.1. The van der Waals surface area contributed by atoms with Crippen LogP contribution in [0.4, 0.5) is 0 Å². The monoisotopic (exact) mass is 1150 g/mol. The second-order valence-corrected chi connectivity index (χ2v) is 24.5. The Kier molecular flexibility index (Phi) is 68.1. The minimum absolute atomic E-state index is 0.0656. The highest BCUT2D eigenvalue weighted by Crippen LogP contribution is 2.19. The normalized spacial score (nSPS) is 12.4. The minimum atomic E-state index is -0.769. The molecule has 0 spiro atoms. The quantitative estimate of drug-likeness (QED) is 0.0261. The van der Waals surface area contributed by atoms with Crippen LogP contribution in [0, 0.1) is 0 Å². The third-order valence-corrected chi connectivity index (χ3v) is 16.3. The van der Waals surface area contributed by atoms with Crippen LogP contribution in [0.15, 0.2) is 60.8 Å². The van der Waals surface area contributed by atoms with Crippen molar-refractivity contribution in [2.45, 2.75) is 393 Å². The molecule has 0 heterocycles. The highest BCUT2D eigenvalue weighted by atomic mass is 16.6. The molecule has 0 aromatic carbocycles. The number of carbonyl (C=O) groups is 3. The molecule has 6 heteroatoms. The van der Waals surface area contributed by atoms with Crippen LogP contribution in [-0.4, -0.2) is 37.2 Å². The average Bonchev–Trinajstić information content (AvgIpc) is 3.47. The van der Waals surface area contributed by atoms with Gasteiger partial charge in [-0.1, -0.05) is 364 Å². The van der Waals surface area contributed by atoms with Crippen LogP contribution in [0.3, 0.4) is 0 Å². The molecule has 478 valence electrons. The SMILES string of the molecule is CC/C=C\C/C=C\C/C=C\C/C=C\C/C=C\CCCCCCCCCCCCCCCCCCCC(=O)OCC(COC(=O)CCCCCCCCCCCCCCCCC)OC(=O)CCCCCCCCCCCCCCCCCC. The summed E-state index contributed by atoms with van der Waals surface area (Å²) in [5.41, 5.74) is 0. The number of esters is 3. The molecule has 0 aromatic rings. The van der Waals surface area contributed by atoms with Crippen LogP contribution >= 0.6 is 0 Å². The highest BCUT2D eigenvalue weighted by Gasteiger charge is 2.19. The lowest BCUT2D eigenvalue weighted by molar-refractivity contribution is -0.167. The lowest BCUT2D eigenvalue weighted by Crippen LogP contribution is -2.30. The zero-order valence-corrected chi connectivity index (χ0v) is 55.0. The van der Waals surface area contributed by atoms with Crippen LogP contribution in [0.25, 0.3) is 0 Å². The molecule has 0 fully saturated rings.